The molecule has 19 heavy (non-hydrogen) atoms. The van der Waals surface area contributed by atoms with Crippen LogP contribution in [0.3, 0.4) is 0 Å². The van der Waals surface area contributed by atoms with Crippen LogP contribution in [0.2, 0.25) is 0 Å². The van der Waals surface area contributed by atoms with E-state index in [0.29, 0.717) is 0 Å². The van der Waals surface area contributed by atoms with Crippen molar-refractivity contribution in [3.8, 4) is 0 Å². The Hall–Kier alpha value is -0.420. The summed E-state index contributed by atoms with van der Waals surface area (Å²) in [6, 6.07) is 8.76. The SMILES string of the molecule is CC(C)(C(Cc1ccc(Br)cc1)NN)N1CCCC1. The number of nitrogens with one attached hydrogen (secondary N) is 1. The Labute approximate surface area is 124 Å². The average molecular weight is 326 g/mol. The standard InChI is InChI=1S/C15H24BrN3/c1-15(2,19-9-3-4-10-19)14(18-17)11-12-5-7-13(16)8-6-12/h5-8,14,18H,3-4,9-11,17H2,1-2H3. The molecule has 0 aliphatic carbocycles. The van der Waals surface area contributed by atoms with E-state index in [1.807, 2.05) is 0 Å². The second kappa shape index (κ2) is 6.35. The van der Waals surface area contributed by atoms with Gasteiger partial charge in [0.1, 0.15) is 0 Å². The van der Waals surface area contributed by atoms with Crippen molar-refractivity contribution in [1.29, 1.82) is 0 Å². The zero-order chi connectivity index (χ0) is 13.9. The van der Waals surface area contributed by atoms with E-state index in [0.717, 1.165) is 10.9 Å². The van der Waals surface area contributed by atoms with Crippen LogP contribution in [-0.2, 0) is 6.42 Å². The summed E-state index contributed by atoms with van der Waals surface area (Å²) in [6.45, 7) is 6.96. The van der Waals surface area contributed by atoms with Gasteiger partial charge in [-0.3, -0.25) is 16.2 Å². The van der Waals surface area contributed by atoms with Gasteiger partial charge in [-0.15, -0.1) is 0 Å². The Morgan fingerprint density at radius 1 is 1.26 bits per heavy atom. The highest BCUT2D eigenvalue weighted by Gasteiger charge is 2.36. The highest BCUT2D eigenvalue weighted by molar-refractivity contribution is 9.10. The summed E-state index contributed by atoms with van der Waals surface area (Å²) in [5, 5.41) is 0. The lowest BCUT2D eigenvalue weighted by Crippen LogP contribution is -2.59. The van der Waals surface area contributed by atoms with Crippen molar-refractivity contribution >= 4 is 15.9 Å². The first kappa shape index (κ1) is 15.0. The number of nitrogens with two attached hydrogens (primary N) is 1. The lowest BCUT2D eigenvalue weighted by Gasteiger charge is -2.42. The fourth-order valence-corrected chi connectivity index (χ4v) is 3.15. The quantitative estimate of drug-likeness (QED) is 0.646. The summed E-state index contributed by atoms with van der Waals surface area (Å²) in [5.41, 5.74) is 4.43. The Bertz CT molecular complexity index is 396. The van der Waals surface area contributed by atoms with E-state index in [9.17, 15) is 0 Å². The lowest BCUT2D eigenvalue weighted by atomic mass is 9.88. The molecule has 3 nitrogen and oxygen atoms in total. The summed E-state index contributed by atoms with van der Waals surface area (Å²) < 4.78 is 1.12. The van der Waals surface area contributed by atoms with Gasteiger partial charge in [0.15, 0.2) is 0 Å². The molecule has 1 heterocycles. The molecular weight excluding hydrogens is 302 g/mol. The summed E-state index contributed by atoms with van der Waals surface area (Å²) in [7, 11) is 0. The van der Waals surface area contributed by atoms with Crippen LogP contribution in [0.1, 0.15) is 32.3 Å². The lowest BCUT2D eigenvalue weighted by molar-refractivity contribution is 0.106. The van der Waals surface area contributed by atoms with Gasteiger partial charge in [-0.25, -0.2) is 0 Å². The summed E-state index contributed by atoms with van der Waals surface area (Å²) in [4.78, 5) is 2.55. The molecule has 1 aliphatic rings. The van der Waals surface area contributed by atoms with Crippen LogP contribution >= 0.6 is 15.9 Å². The molecule has 3 N–H and O–H groups in total. The van der Waals surface area contributed by atoms with Crippen molar-refractivity contribution in [3.63, 3.8) is 0 Å². The Kier molecular flexibility index (Phi) is 5.01. The molecule has 1 saturated heterocycles. The van der Waals surface area contributed by atoms with Crippen molar-refractivity contribution < 1.29 is 0 Å². The van der Waals surface area contributed by atoms with E-state index in [1.165, 1.54) is 31.5 Å². The van der Waals surface area contributed by atoms with Crippen LogP contribution in [-0.4, -0.2) is 29.6 Å². The predicted molar refractivity (Wildman–Crippen MR) is 83.8 cm³/mol. The number of nitrogens with zero attached hydrogens (tertiary/aromatic N) is 1. The fourth-order valence-electron chi connectivity index (χ4n) is 2.88. The molecule has 0 spiro atoms. The molecule has 1 fully saturated rings. The molecule has 1 atom stereocenters. The zero-order valence-electron chi connectivity index (χ0n) is 11.8. The van der Waals surface area contributed by atoms with E-state index in [2.05, 4.69) is 64.4 Å². The van der Waals surface area contributed by atoms with Crippen LogP contribution in [0, 0.1) is 0 Å². The molecule has 1 aromatic rings. The third-order valence-electron chi connectivity index (χ3n) is 4.33. The van der Waals surface area contributed by atoms with Crippen molar-refractivity contribution in [2.75, 3.05) is 13.1 Å². The second-order valence-electron chi connectivity index (χ2n) is 5.90. The summed E-state index contributed by atoms with van der Waals surface area (Å²) in [5.74, 6) is 5.82. The third-order valence-corrected chi connectivity index (χ3v) is 4.86. The van der Waals surface area contributed by atoms with Crippen LogP contribution in [0.4, 0.5) is 0 Å². The maximum Gasteiger partial charge on any atom is 0.0429 e. The van der Waals surface area contributed by atoms with Crippen LogP contribution in [0.5, 0.6) is 0 Å². The van der Waals surface area contributed by atoms with Crippen LogP contribution < -0.4 is 11.3 Å². The third kappa shape index (κ3) is 3.57. The van der Waals surface area contributed by atoms with Crippen molar-refractivity contribution in [2.24, 2.45) is 5.84 Å². The molecule has 1 unspecified atom stereocenters. The molecule has 0 bridgehead atoms. The minimum atomic E-state index is 0.0817. The van der Waals surface area contributed by atoms with Gasteiger partial charge < -0.3 is 0 Å². The molecule has 0 saturated carbocycles. The minimum Gasteiger partial charge on any atom is -0.297 e. The van der Waals surface area contributed by atoms with E-state index >= 15 is 0 Å². The first-order valence-electron chi connectivity index (χ1n) is 6.99. The number of benzene rings is 1. The number of hydrazine groups is 1. The van der Waals surface area contributed by atoms with Crippen LogP contribution in [0.25, 0.3) is 0 Å². The van der Waals surface area contributed by atoms with Gasteiger partial charge in [0.2, 0.25) is 0 Å². The molecule has 106 valence electrons. The van der Waals surface area contributed by atoms with Gasteiger partial charge in [-0.05, 0) is 63.9 Å². The fraction of sp³-hybridized carbons (Fsp3) is 0.600. The highest BCUT2D eigenvalue weighted by atomic mass is 79.9. The molecule has 0 aromatic heterocycles. The van der Waals surface area contributed by atoms with E-state index in [4.69, 9.17) is 5.84 Å². The van der Waals surface area contributed by atoms with Gasteiger partial charge in [0.05, 0.1) is 0 Å². The van der Waals surface area contributed by atoms with Crippen molar-refractivity contribution in [2.45, 2.75) is 44.7 Å². The second-order valence-corrected chi connectivity index (χ2v) is 6.81. The normalized spacial score (nSPS) is 18.7. The summed E-state index contributed by atoms with van der Waals surface area (Å²) in [6.07, 6.45) is 3.56. The van der Waals surface area contributed by atoms with Crippen molar-refractivity contribution in [1.82, 2.24) is 10.3 Å². The van der Waals surface area contributed by atoms with Gasteiger partial charge in [-0.1, -0.05) is 28.1 Å². The smallest absolute Gasteiger partial charge is 0.0429 e. The van der Waals surface area contributed by atoms with Gasteiger partial charge in [-0.2, -0.15) is 0 Å². The van der Waals surface area contributed by atoms with Crippen molar-refractivity contribution in [3.05, 3.63) is 34.3 Å². The van der Waals surface area contributed by atoms with E-state index in [-0.39, 0.29) is 11.6 Å². The molecule has 0 radical (unpaired) electrons. The zero-order valence-corrected chi connectivity index (χ0v) is 13.4. The highest BCUT2D eigenvalue weighted by Crippen LogP contribution is 2.26. The topological polar surface area (TPSA) is 41.3 Å². The number of hydrogen-bond donors (Lipinski definition) is 2. The van der Waals surface area contributed by atoms with E-state index < -0.39 is 0 Å². The van der Waals surface area contributed by atoms with Gasteiger partial charge in [0, 0.05) is 16.1 Å². The largest absolute Gasteiger partial charge is 0.297 e. The minimum absolute atomic E-state index is 0.0817. The van der Waals surface area contributed by atoms with Gasteiger partial charge >= 0.3 is 0 Å². The number of halogens is 1. The molecule has 1 aliphatic heterocycles. The Morgan fingerprint density at radius 3 is 2.37 bits per heavy atom. The average Bonchev–Trinajstić information content (AvgIpc) is 2.92. The molecule has 1 aromatic carbocycles. The predicted octanol–water partition coefficient (Wildman–Crippen LogP) is 2.70. The van der Waals surface area contributed by atoms with Gasteiger partial charge in [0.25, 0.3) is 0 Å². The maximum atomic E-state index is 5.82. The molecular formula is C15H24BrN3. The van der Waals surface area contributed by atoms with E-state index in [1.54, 1.807) is 0 Å². The summed E-state index contributed by atoms with van der Waals surface area (Å²) >= 11 is 3.47. The number of hydrogen-bond acceptors (Lipinski definition) is 3. The monoisotopic (exact) mass is 325 g/mol. The Morgan fingerprint density at radius 2 is 1.84 bits per heavy atom. The molecule has 2 rings (SSSR count). The maximum absolute atomic E-state index is 5.82. The molecule has 4 heteroatoms. The number of likely N-dealkylation sites (tertiary alicyclic amines) is 1. The molecule has 0 amide bonds. The first-order valence-corrected chi connectivity index (χ1v) is 7.79. The Balaban J connectivity index is 2.08. The first-order chi connectivity index (χ1) is 9.04. The number of rotatable bonds is 5. The van der Waals surface area contributed by atoms with Crippen LogP contribution in [0.15, 0.2) is 28.7 Å².